The lowest BCUT2D eigenvalue weighted by atomic mass is 9.89. The number of benzene rings is 2. The van der Waals surface area contributed by atoms with Crippen molar-refractivity contribution in [3.8, 4) is 35.4 Å². The van der Waals surface area contributed by atoms with Gasteiger partial charge in [-0.05, 0) is 62.2 Å². The van der Waals surface area contributed by atoms with Gasteiger partial charge in [0.05, 0.1) is 27.8 Å². The molecule has 4 aliphatic heterocycles. The van der Waals surface area contributed by atoms with Gasteiger partial charge in [-0.3, -0.25) is 19.6 Å². The first-order valence-corrected chi connectivity index (χ1v) is 18.5. The monoisotopic (exact) mass is 744 g/mol. The number of alkyl halides is 2. The summed E-state index contributed by atoms with van der Waals surface area (Å²) in [6.07, 6.45) is 10.6. The molecule has 2 aromatic carbocycles. The first-order valence-electron chi connectivity index (χ1n) is 18.5. The minimum absolute atomic E-state index is 0.0340. The summed E-state index contributed by atoms with van der Waals surface area (Å²) < 4.78 is 73.1. The molecule has 4 saturated heterocycles. The third-order valence-corrected chi connectivity index (χ3v) is 12.4. The van der Waals surface area contributed by atoms with Crippen LogP contribution < -0.4 is 9.64 Å². The van der Waals surface area contributed by atoms with E-state index in [0.717, 1.165) is 19.3 Å². The first kappa shape index (κ1) is 35.0. The van der Waals surface area contributed by atoms with Gasteiger partial charge in [0.1, 0.15) is 41.9 Å². The van der Waals surface area contributed by atoms with E-state index in [1.165, 1.54) is 30.5 Å². The summed E-state index contributed by atoms with van der Waals surface area (Å²) in [6.45, 7) is 5.84. The minimum Gasteiger partial charge on any atom is -0.508 e. The lowest BCUT2D eigenvalue weighted by Gasteiger charge is -2.41. The number of piperazine rings is 1. The molecule has 5 aliphatic rings. The van der Waals surface area contributed by atoms with Gasteiger partial charge < -0.3 is 19.5 Å². The number of aromatic nitrogens is 3. The molecule has 6 heterocycles. The number of phenolic OH excluding ortho intramolecular Hbond substituents is 1. The Morgan fingerprint density at radius 2 is 1.89 bits per heavy atom. The van der Waals surface area contributed by atoms with Crippen LogP contribution in [0.15, 0.2) is 30.5 Å². The van der Waals surface area contributed by atoms with Crippen molar-refractivity contribution in [2.24, 2.45) is 11.3 Å². The number of fused-ring (bicyclic) bond motifs is 5. The Morgan fingerprint density at radius 3 is 2.59 bits per heavy atom. The summed E-state index contributed by atoms with van der Waals surface area (Å²) >= 11 is 0. The number of pyridine rings is 1. The third kappa shape index (κ3) is 5.45. The van der Waals surface area contributed by atoms with Gasteiger partial charge in [0, 0.05) is 55.3 Å². The zero-order chi connectivity index (χ0) is 37.7. The molecule has 5 fully saturated rings. The largest absolute Gasteiger partial charge is 0.508 e. The highest BCUT2D eigenvalue weighted by Gasteiger charge is 2.77. The molecule has 1 saturated carbocycles. The normalized spacial score (nSPS) is 27.3. The van der Waals surface area contributed by atoms with Crippen LogP contribution in [0.25, 0.3) is 32.9 Å². The van der Waals surface area contributed by atoms with E-state index in [1.54, 1.807) is 13.8 Å². The van der Waals surface area contributed by atoms with Crippen LogP contribution in [0.2, 0.25) is 0 Å². The maximum absolute atomic E-state index is 17.1. The van der Waals surface area contributed by atoms with Crippen LogP contribution in [0, 0.1) is 35.3 Å². The van der Waals surface area contributed by atoms with Gasteiger partial charge in [0.25, 0.3) is 5.92 Å². The van der Waals surface area contributed by atoms with Crippen molar-refractivity contribution in [1.29, 1.82) is 0 Å². The molecule has 14 heteroatoms. The molecular formula is C40H40F4N6O4. The topological polar surface area (TPSA) is 104 Å². The Labute approximate surface area is 309 Å². The fourth-order valence-electron chi connectivity index (χ4n) is 9.60. The minimum atomic E-state index is -2.70. The predicted molar refractivity (Wildman–Crippen MR) is 192 cm³/mol. The number of ether oxygens (including phenoxy) is 2. The second kappa shape index (κ2) is 12.4. The van der Waals surface area contributed by atoms with Crippen LogP contribution in [-0.4, -0.2) is 98.9 Å². The molecule has 54 heavy (non-hydrogen) atoms. The zero-order valence-corrected chi connectivity index (χ0v) is 30.0. The van der Waals surface area contributed by atoms with E-state index in [4.69, 9.17) is 20.9 Å². The van der Waals surface area contributed by atoms with Gasteiger partial charge in [0.2, 0.25) is 0 Å². The molecule has 1 aliphatic carbocycles. The Kier molecular flexibility index (Phi) is 8.03. The van der Waals surface area contributed by atoms with Crippen molar-refractivity contribution in [3.63, 3.8) is 0 Å². The van der Waals surface area contributed by atoms with Gasteiger partial charge in [-0.25, -0.2) is 17.6 Å². The summed E-state index contributed by atoms with van der Waals surface area (Å²) in [5.74, 6) is -2.17. The van der Waals surface area contributed by atoms with E-state index >= 15 is 4.39 Å². The number of hydrogen-bond donors (Lipinski definition) is 1. The number of esters is 1. The molecule has 0 radical (unpaired) electrons. The second-order valence-corrected chi connectivity index (χ2v) is 16.1. The van der Waals surface area contributed by atoms with Crippen molar-refractivity contribution in [2.75, 3.05) is 44.4 Å². The molecular weight excluding hydrogens is 704 g/mol. The summed E-state index contributed by atoms with van der Waals surface area (Å²) in [4.78, 5) is 32.5. The van der Waals surface area contributed by atoms with Crippen molar-refractivity contribution in [2.45, 2.75) is 75.9 Å². The van der Waals surface area contributed by atoms with Gasteiger partial charge in [0.15, 0.2) is 5.82 Å². The average molecular weight is 745 g/mol. The van der Waals surface area contributed by atoms with Gasteiger partial charge in [-0.2, -0.15) is 9.97 Å². The number of aromatic hydroxyl groups is 1. The smallest absolute Gasteiger partial charge is 0.319 e. The molecule has 2 unspecified atom stereocenters. The summed E-state index contributed by atoms with van der Waals surface area (Å²) in [7, 11) is 0. The highest BCUT2D eigenvalue weighted by molar-refractivity contribution is 6.03. The number of phenols is 1. The summed E-state index contributed by atoms with van der Waals surface area (Å²) in [5.41, 5.74) is -1.96. The number of carbonyl (C=O) groups excluding carboxylic acids is 1. The SMILES string of the molecule is C#Cc1c(F)ccc2cc(O)cc(-c3ncc4c(N5CC6CCC(C5)N6COC(=O)C(C)C)nc(OC[C@@]56CCCN5C[C@@]5(CC5(F)F)C6)nc4c3F)c12. The predicted octanol–water partition coefficient (Wildman–Crippen LogP) is 6.26. The number of hydrogen-bond acceptors (Lipinski definition) is 10. The molecule has 2 bridgehead atoms. The Balaban J connectivity index is 1.12. The van der Waals surface area contributed by atoms with Crippen LogP contribution in [-0.2, 0) is 9.53 Å². The summed E-state index contributed by atoms with van der Waals surface area (Å²) in [6, 6.07) is 5.32. The van der Waals surface area contributed by atoms with E-state index in [0.29, 0.717) is 55.6 Å². The van der Waals surface area contributed by atoms with Crippen molar-refractivity contribution < 1.29 is 36.9 Å². The molecule has 2 aromatic heterocycles. The Hall–Kier alpha value is -4.74. The standard InChI is InChI=1S/C40H40F4N6O4/c1-4-27-30(41)9-6-23-12-26(51)13-28(31(23)27)33-32(42)34-29(14-45-33)35(48-15-24-7-8-25(16-48)50(24)21-54-36(52)22(2)3)47-37(46-34)53-20-39-10-5-11-49(39)19-38(17-39)18-40(38,43)44/h1,6,9,12-14,22,24-25,51H,5,7-8,10-11,15-21H2,2-3H3/t24?,25?,38-,39-/m0/s1. The first-order chi connectivity index (χ1) is 25.8. The van der Waals surface area contributed by atoms with Gasteiger partial charge in [-0.15, -0.1) is 6.42 Å². The number of halogens is 4. The highest BCUT2D eigenvalue weighted by atomic mass is 19.3. The molecule has 1 spiro atoms. The Morgan fingerprint density at radius 1 is 1.13 bits per heavy atom. The third-order valence-electron chi connectivity index (χ3n) is 12.4. The quantitative estimate of drug-likeness (QED) is 0.126. The molecule has 282 valence electrons. The Bertz CT molecular complexity index is 2250. The van der Waals surface area contributed by atoms with Crippen LogP contribution in [0.5, 0.6) is 11.8 Å². The average Bonchev–Trinajstić information content (AvgIpc) is 3.38. The fraction of sp³-hybridized carbons (Fsp3) is 0.500. The van der Waals surface area contributed by atoms with Crippen LogP contribution >= 0.6 is 0 Å². The lowest BCUT2D eigenvalue weighted by Crippen LogP contribution is -2.54. The maximum atomic E-state index is 17.1. The molecule has 4 atom stereocenters. The van der Waals surface area contributed by atoms with Crippen molar-refractivity contribution in [3.05, 3.63) is 47.7 Å². The van der Waals surface area contributed by atoms with E-state index in [2.05, 4.69) is 25.7 Å². The number of nitrogens with zero attached hydrogens (tertiary/aromatic N) is 6. The van der Waals surface area contributed by atoms with Gasteiger partial charge in [-0.1, -0.05) is 25.8 Å². The summed E-state index contributed by atoms with van der Waals surface area (Å²) in [5, 5.41) is 11.6. The highest BCUT2D eigenvalue weighted by Crippen LogP contribution is 2.69. The fourth-order valence-corrected chi connectivity index (χ4v) is 9.60. The van der Waals surface area contributed by atoms with E-state index < -0.39 is 28.5 Å². The van der Waals surface area contributed by atoms with E-state index in [1.807, 2.05) is 4.90 Å². The molecule has 1 N–H and O–H groups in total. The number of anilines is 1. The van der Waals surface area contributed by atoms with Crippen molar-refractivity contribution >= 4 is 33.5 Å². The maximum Gasteiger partial charge on any atom is 0.319 e. The number of carbonyl (C=O) groups is 1. The molecule has 0 amide bonds. The molecule has 9 rings (SSSR count). The van der Waals surface area contributed by atoms with Crippen LogP contribution in [0.3, 0.4) is 0 Å². The zero-order valence-electron chi connectivity index (χ0n) is 30.0. The number of terminal acetylenes is 1. The molecule has 10 nitrogen and oxygen atoms in total. The molecule has 4 aromatic rings. The van der Waals surface area contributed by atoms with Crippen molar-refractivity contribution in [1.82, 2.24) is 24.8 Å². The lowest BCUT2D eigenvalue weighted by molar-refractivity contribution is -0.153. The van der Waals surface area contributed by atoms with E-state index in [9.17, 15) is 23.1 Å². The second-order valence-electron chi connectivity index (χ2n) is 16.1. The van der Waals surface area contributed by atoms with Crippen LogP contribution in [0.1, 0.15) is 57.9 Å². The number of rotatable bonds is 8. The van der Waals surface area contributed by atoms with E-state index in [-0.39, 0.29) is 83.2 Å². The van der Waals surface area contributed by atoms with Gasteiger partial charge >= 0.3 is 12.0 Å². The van der Waals surface area contributed by atoms with Crippen LogP contribution in [0.4, 0.5) is 23.4 Å².